The fraction of sp³-hybridized carbons (Fsp3) is 0.0909. The number of aryl methyl sites for hydroxylation is 1. The van der Waals surface area contributed by atoms with Crippen LogP contribution >= 0.6 is 0 Å². The molecule has 0 aliphatic rings. The molecule has 2 aromatic heterocycles. The van der Waals surface area contributed by atoms with Crippen LogP contribution in [0.1, 0.15) is 5.69 Å². The minimum absolute atomic E-state index is 0.770. The van der Waals surface area contributed by atoms with Crippen molar-refractivity contribution < 1.29 is 4.63 Å². The summed E-state index contributed by atoms with van der Waals surface area (Å²) >= 11 is 0. The third-order valence-electron chi connectivity index (χ3n) is 2.44. The molecule has 4 nitrogen and oxygen atoms in total. The van der Waals surface area contributed by atoms with Crippen LogP contribution in [0.5, 0.6) is 0 Å². The molecule has 0 aliphatic heterocycles. The van der Waals surface area contributed by atoms with E-state index >= 15 is 0 Å². The molecule has 0 radical (unpaired) electrons. The van der Waals surface area contributed by atoms with Gasteiger partial charge in [0.2, 0.25) is 0 Å². The zero-order valence-electron chi connectivity index (χ0n) is 8.19. The highest BCUT2D eigenvalue weighted by Gasteiger charge is 2.10. The van der Waals surface area contributed by atoms with Gasteiger partial charge >= 0.3 is 0 Å². The van der Waals surface area contributed by atoms with Gasteiger partial charge in [0.15, 0.2) is 5.69 Å². The van der Waals surface area contributed by atoms with Gasteiger partial charge < -0.3 is 4.98 Å². The quantitative estimate of drug-likeness (QED) is 0.655. The Labute approximate surface area is 85.9 Å². The summed E-state index contributed by atoms with van der Waals surface area (Å²) in [5.41, 5.74) is 3.60. The first kappa shape index (κ1) is 8.23. The molecule has 0 bridgehead atoms. The summed E-state index contributed by atoms with van der Waals surface area (Å²) in [5.74, 6) is 0. The van der Waals surface area contributed by atoms with E-state index in [0.29, 0.717) is 0 Å². The van der Waals surface area contributed by atoms with Crippen molar-refractivity contribution in [3.63, 3.8) is 0 Å². The second-order valence-electron chi connectivity index (χ2n) is 3.47. The van der Waals surface area contributed by atoms with Gasteiger partial charge in [0.1, 0.15) is 5.69 Å². The number of aromatic amines is 1. The fourth-order valence-electron chi connectivity index (χ4n) is 1.68. The number of fused-ring (bicyclic) bond motifs is 1. The summed E-state index contributed by atoms with van der Waals surface area (Å²) in [4.78, 5) is 3.28. The molecule has 4 heteroatoms. The normalized spacial score (nSPS) is 11.0. The molecule has 0 saturated heterocycles. The Balaban J connectivity index is 2.24. The fourth-order valence-corrected chi connectivity index (χ4v) is 1.68. The summed E-state index contributed by atoms with van der Waals surface area (Å²) in [7, 11) is 0. The number of para-hydroxylation sites is 1. The van der Waals surface area contributed by atoms with E-state index in [2.05, 4.69) is 26.0 Å². The first-order chi connectivity index (χ1) is 7.34. The molecule has 0 amide bonds. The van der Waals surface area contributed by atoms with Gasteiger partial charge in [-0.3, -0.25) is 0 Å². The average molecular weight is 199 g/mol. The number of nitrogens with one attached hydrogen (secondary N) is 1. The summed E-state index contributed by atoms with van der Waals surface area (Å²) in [6.45, 7) is 1.87. The van der Waals surface area contributed by atoms with Crippen LogP contribution in [0.2, 0.25) is 0 Å². The van der Waals surface area contributed by atoms with Gasteiger partial charge in [-0.15, -0.1) is 0 Å². The van der Waals surface area contributed by atoms with Gasteiger partial charge in [0.25, 0.3) is 0 Å². The number of H-pyrrole nitrogens is 1. The van der Waals surface area contributed by atoms with Crippen molar-refractivity contribution in [2.24, 2.45) is 0 Å². The van der Waals surface area contributed by atoms with E-state index in [-0.39, 0.29) is 0 Å². The maximum absolute atomic E-state index is 4.68. The molecule has 3 aromatic rings. The maximum atomic E-state index is 4.68. The Kier molecular flexibility index (Phi) is 1.62. The Bertz CT molecular complexity index is 576. The first-order valence-electron chi connectivity index (χ1n) is 4.72. The lowest BCUT2D eigenvalue weighted by Crippen LogP contribution is -1.80. The van der Waals surface area contributed by atoms with Crippen LogP contribution in [0, 0.1) is 6.92 Å². The summed E-state index contributed by atoms with van der Waals surface area (Å²) in [6.07, 6.45) is 0. The second-order valence-corrected chi connectivity index (χ2v) is 3.47. The molecule has 1 N–H and O–H groups in total. The van der Waals surface area contributed by atoms with E-state index in [1.807, 2.05) is 31.2 Å². The monoisotopic (exact) mass is 199 g/mol. The molecule has 74 valence electrons. The van der Waals surface area contributed by atoms with E-state index in [1.54, 1.807) is 0 Å². The van der Waals surface area contributed by atoms with Gasteiger partial charge in [-0.25, -0.2) is 4.63 Å². The number of hydrogen-bond acceptors (Lipinski definition) is 3. The third-order valence-corrected chi connectivity index (χ3v) is 2.44. The molecular formula is C11H9N3O. The first-order valence-corrected chi connectivity index (χ1v) is 4.72. The topological polar surface area (TPSA) is 54.7 Å². The molecule has 0 unspecified atom stereocenters. The number of hydrogen-bond donors (Lipinski definition) is 1. The maximum Gasteiger partial charge on any atom is 0.154 e. The summed E-state index contributed by atoms with van der Waals surface area (Å²) in [6, 6.07) is 10.1. The van der Waals surface area contributed by atoms with Crippen LogP contribution in [0.3, 0.4) is 0 Å². The molecule has 0 atom stereocenters. The molecule has 0 fully saturated rings. The van der Waals surface area contributed by atoms with Crippen molar-refractivity contribution in [3.05, 3.63) is 36.0 Å². The van der Waals surface area contributed by atoms with Crippen molar-refractivity contribution in [1.29, 1.82) is 0 Å². The van der Waals surface area contributed by atoms with Crippen molar-refractivity contribution in [2.45, 2.75) is 6.92 Å². The molecule has 3 rings (SSSR count). The van der Waals surface area contributed by atoms with Crippen LogP contribution in [0.25, 0.3) is 22.3 Å². The largest absolute Gasteiger partial charge is 0.353 e. The predicted molar refractivity (Wildman–Crippen MR) is 56.3 cm³/mol. The SMILES string of the molecule is Cc1nonc1-c1cc2ccccc2[nH]1. The average Bonchev–Trinajstić information content (AvgIpc) is 2.82. The van der Waals surface area contributed by atoms with Crippen LogP contribution in [0.4, 0.5) is 0 Å². The van der Waals surface area contributed by atoms with E-state index in [4.69, 9.17) is 0 Å². The minimum Gasteiger partial charge on any atom is -0.353 e. The molecule has 2 heterocycles. The molecule has 15 heavy (non-hydrogen) atoms. The summed E-state index contributed by atoms with van der Waals surface area (Å²) < 4.78 is 4.68. The van der Waals surface area contributed by atoms with Gasteiger partial charge in [-0.05, 0) is 24.2 Å². The number of benzene rings is 1. The molecule has 0 spiro atoms. The molecule has 0 aliphatic carbocycles. The van der Waals surface area contributed by atoms with Crippen LogP contribution in [0.15, 0.2) is 35.0 Å². The number of nitrogens with zero attached hydrogens (tertiary/aromatic N) is 2. The molecule has 1 aromatic carbocycles. The van der Waals surface area contributed by atoms with Gasteiger partial charge in [0.05, 0.1) is 5.69 Å². The zero-order valence-corrected chi connectivity index (χ0v) is 8.19. The lowest BCUT2D eigenvalue weighted by Gasteiger charge is -1.88. The van der Waals surface area contributed by atoms with Crippen LogP contribution < -0.4 is 0 Å². The highest BCUT2D eigenvalue weighted by atomic mass is 16.6. The second kappa shape index (κ2) is 2.95. The van der Waals surface area contributed by atoms with E-state index < -0.39 is 0 Å². The smallest absolute Gasteiger partial charge is 0.154 e. The van der Waals surface area contributed by atoms with Gasteiger partial charge in [-0.1, -0.05) is 23.4 Å². The predicted octanol–water partition coefficient (Wildman–Crippen LogP) is 2.53. The highest BCUT2D eigenvalue weighted by molar-refractivity contribution is 5.85. The molecule has 0 saturated carbocycles. The van der Waals surface area contributed by atoms with Gasteiger partial charge in [-0.2, -0.15) is 0 Å². The lowest BCUT2D eigenvalue weighted by atomic mass is 10.2. The lowest BCUT2D eigenvalue weighted by molar-refractivity contribution is 0.306. The van der Waals surface area contributed by atoms with E-state index in [0.717, 1.165) is 28.0 Å². The highest BCUT2D eigenvalue weighted by Crippen LogP contribution is 2.23. The van der Waals surface area contributed by atoms with Crippen molar-refractivity contribution in [1.82, 2.24) is 15.3 Å². The Morgan fingerprint density at radius 3 is 2.80 bits per heavy atom. The van der Waals surface area contributed by atoms with Crippen molar-refractivity contribution in [3.8, 4) is 11.4 Å². The van der Waals surface area contributed by atoms with Gasteiger partial charge in [0, 0.05) is 10.9 Å². The Hall–Kier alpha value is -2.10. The van der Waals surface area contributed by atoms with Crippen molar-refractivity contribution >= 4 is 10.9 Å². The standard InChI is InChI=1S/C11H9N3O/c1-7-11(14-15-13-7)10-6-8-4-2-3-5-9(8)12-10/h2-6,12H,1H3. The molecular weight excluding hydrogens is 190 g/mol. The third kappa shape index (κ3) is 1.22. The minimum atomic E-state index is 0.770. The van der Waals surface area contributed by atoms with Crippen LogP contribution in [-0.4, -0.2) is 15.3 Å². The zero-order chi connectivity index (χ0) is 10.3. The van der Waals surface area contributed by atoms with Crippen LogP contribution in [-0.2, 0) is 0 Å². The van der Waals surface area contributed by atoms with E-state index in [9.17, 15) is 0 Å². The number of aromatic nitrogens is 3. The number of rotatable bonds is 1. The summed E-state index contributed by atoms with van der Waals surface area (Å²) in [5, 5.41) is 8.78. The Morgan fingerprint density at radius 2 is 2.07 bits per heavy atom. The Morgan fingerprint density at radius 1 is 1.20 bits per heavy atom. The van der Waals surface area contributed by atoms with Crippen molar-refractivity contribution in [2.75, 3.05) is 0 Å². The van der Waals surface area contributed by atoms with E-state index in [1.165, 1.54) is 0 Å².